The van der Waals surface area contributed by atoms with E-state index in [2.05, 4.69) is 10.6 Å². The third-order valence-corrected chi connectivity index (χ3v) is 6.32. The van der Waals surface area contributed by atoms with E-state index in [0.29, 0.717) is 37.6 Å². The highest BCUT2D eigenvalue weighted by Gasteiger charge is 2.72. The third kappa shape index (κ3) is 3.01. The molecule has 152 valence electrons. The molecule has 7 nitrogen and oxygen atoms in total. The average Bonchev–Trinajstić information content (AvgIpc) is 2.95. The van der Waals surface area contributed by atoms with Crippen LogP contribution >= 0.6 is 11.6 Å². The quantitative estimate of drug-likeness (QED) is 0.519. The topological polar surface area (TPSA) is 103 Å². The van der Waals surface area contributed by atoms with Gasteiger partial charge in [-0.25, -0.2) is 0 Å². The van der Waals surface area contributed by atoms with Gasteiger partial charge in [0.05, 0.1) is 22.7 Å². The first-order chi connectivity index (χ1) is 13.1. The zero-order valence-electron chi connectivity index (χ0n) is 16.4. The van der Waals surface area contributed by atoms with Gasteiger partial charge in [-0.05, 0) is 45.2 Å². The van der Waals surface area contributed by atoms with Crippen LogP contribution in [0.25, 0.3) is 0 Å². The number of hydrogen-bond acceptors (Lipinski definition) is 6. The molecular formula is C20H26ClN3O4. The third-order valence-electron chi connectivity index (χ3n) is 5.91. The summed E-state index contributed by atoms with van der Waals surface area (Å²) in [7, 11) is 0. The van der Waals surface area contributed by atoms with E-state index < -0.39 is 11.0 Å². The standard InChI is InChI=1S/C20H26ClN3O4/c1-19(2,3)28-18(26)20-9-23-7-11(20)12(20)8-24-17(25)14-15(21)13(22)6-10-4-5-27-16(10)14/h6,11-12,23H,4-5,7-9,22H2,1-3H3,(H,24,25). The molecule has 0 radical (unpaired) electrons. The molecule has 0 bridgehead atoms. The Bertz CT molecular complexity index is 851. The van der Waals surface area contributed by atoms with Crippen molar-refractivity contribution < 1.29 is 19.1 Å². The number of anilines is 1. The molecule has 1 saturated heterocycles. The van der Waals surface area contributed by atoms with Crippen molar-refractivity contribution in [3.05, 3.63) is 22.2 Å². The van der Waals surface area contributed by atoms with Crippen molar-refractivity contribution in [1.29, 1.82) is 0 Å². The van der Waals surface area contributed by atoms with E-state index in [1.54, 1.807) is 6.07 Å². The largest absolute Gasteiger partial charge is 0.492 e. The number of nitrogens with one attached hydrogen (secondary N) is 2. The Kier molecular flexibility index (Phi) is 4.50. The molecule has 4 N–H and O–H groups in total. The summed E-state index contributed by atoms with van der Waals surface area (Å²) in [5, 5.41) is 6.40. The van der Waals surface area contributed by atoms with Gasteiger partial charge in [0.1, 0.15) is 16.9 Å². The number of carbonyl (C=O) groups is 2. The SMILES string of the molecule is CC(C)(C)OC(=O)C12CNCC1C2CNC(=O)c1c(Cl)c(N)cc2c1OCC2. The summed E-state index contributed by atoms with van der Waals surface area (Å²) in [5.74, 6) is 0.201. The zero-order chi connectivity index (χ0) is 20.3. The van der Waals surface area contributed by atoms with Gasteiger partial charge in [0.25, 0.3) is 5.91 Å². The maximum Gasteiger partial charge on any atom is 0.314 e. The number of piperidine rings is 1. The first kappa shape index (κ1) is 19.3. The number of ether oxygens (including phenoxy) is 2. The van der Waals surface area contributed by atoms with Gasteiger partial charge >= 0.3 is 5.97 Å². The minimum atomic E-state index is -0.557. The molecule has 1 saturated carbocycles. The maximum absolute atomic E-state index is 12.9. The molecule has 2 fully saturated rings. The minimum absolute atomic E-state index is 0.0429. The van der Waals surface area contributed by atoms with Gasteiger partial charge in [0, 0.05) is 25.1 Å². The molecule has 3 unspecified atom stereocenters. The molecule has 1 amide bonds. The fourth-order valence-electron chi connectivity index (χ4n) is 4.53. The van der Waals surface area contributed by atoms with Gasteiger partial charge in [-0.1, -0.05) is 11.6 Å². The number of nitrogen functional groups attached to an aromatic ring is 1. The Morgan fingerprint density at radius 1 is 1.46 bits per heavy atom. The summed E-state index contributed by atoms with van der Waals surface area (Å²) in [6, 6.07) is 1.76. The van der Waals surface area contributed by atoms with Crippen molar-refractivity contribution in [3.8, 4) is 5.75 Å². The Morgan fingerprint density at radius 2 is 2.21 bits per heavy atom. The first-order valence-electron chi connectivity index (χ1n) is 9.61. The lowest BCUT2D eigenvalue weighted by Crippen LogP contribution is -2.37. The fourth-order valence-corrected chi connectivity index (χ4v) is 4.75. The van der Waals surface area contributed by atoms with Crippen molar-refractivity contribution >= 4 is 29.2 Å². The van der Waals surface area contributed by atoms with Crippen LogP contribution in [0.5, 0.6) is 5.75 Å². The molecule has 2 aliphatic heterocycles. The fraction of sp³-hybridized carbons (Fsp3) is 0.600. The number of halogens is 1. The Hall–Kier alpha value is -1.99. The van der Waals surface area contributed by atoms with Crippen molar-refractivity contribution in [2.45, 2.75) is 32.8 Å². The lowest BCUT2D eigenvalue weighted by molar-refractivity contribution is -0.162. The summed E-state index contributed by atoms with van der Waals surface area (Å²) in [5.41, 5.74) is 6.41. The predicted molar refractivity (Wildman–Crippen MR) is 106 cm³/mol. The molecule has 0 spiro atoms. The molecule has 4 rings (SSSR count). The Labute approximate surface area is 169 Å². The summed E-state index contributed by atoms with van der Waals surface area (Å²) in [4.78, 5) is 25.6. The molecule has 1 aromatic rings. The van der Waals surface area contributed by atoms with Crippen LogP contribution in [0.2, 0.25) is 5.02 Å². The highest BCUT2D eigenvalue weighted by molar-refractivity contribution is 6.36. The number of hydrogen-bond donors (Lipinski definition) is 3. The number of carbonyl (C=O) groups excluding carboxylic acids is 2. The predicted octanol–water partition coefficient (Wildman–Crippen LogP) is 1.76. The van der Waals surface area contributed by atoms with Crippen LogP contribution in [0, 0.1) is 17.3 Å². The number of esters is 1. The highest BCUT2D eigenvalue weighted by atomic mass is 35.5. The number of benzene rings is 1. The monoisotopic (exact) mass is 407 g/mol. The molecule has 3 atom stereocenters. The Morgan fingerprint density at radius 3 is 2.93 bits per heavy atom. The summed E-state index contributed by atoms with van der Waals surface area (Å²) < 4.78 is 11.2. The number of nitrogens with two attached hydrogens (primary N) is 1. The second kappa shape index (κ2) is 6.52. The normalized spacial score (nSPS) is 27.6. The van der Waals surface area contributed by atoms with Crippen LogP contribution in [0.3, 0.4) is 0 Å². The molecule has 1 aromatic carbocycles. The lowest BCUT2D eigenvalue weighted by atomic mass is 10.0. The molecule has 8 heteroatoms. The number of rotatable bonds is 4. The van der Waals surface area contributed by atoms with Crippen molar-refractivity contribution in [2.24, 2.45) is 17.3 Å². The van der Waals surface area contributed by atoms with Crippen LogP contribution in [0.1, 0.15) is 36.7 Å². The zero-order valence-corrected chi connectivity index (χ0v) is 17.1. The van der Waals surface area contributed by atoms with E-state index in [9.17, 15) is 9.59 Å². The molecule has 0 aromatic heterocycles. The van der Waals surface area contributed by atoms with Gasteiger partial charge in [0.15, 0.2) is 0 Å². The highest BCUT2D eigenvalue weighted by Crippen LogP contribution is 2.61. The minimum Gasteiger partial charge on any atom is -0.492 e. The Balaban J connectivity index is 1.48. The van der Waals surface area contributed by atoms with Gasteiger partial charge in [0.2, 0.25) is 0 Å². The first-order valence-corrected chi connectivity index (χ1v) is 9.99. The van der Waals surface area contributed by atoms with Gasteiger partial charge < -0.3 is 25.8 Å². The summed E-state index contributed by atoms with van der Waals surface area (Å²) >= 11 is 6.30. The molecule has 1 aliphatic carbocycles. The van der Waals surface area contributed by atoms with E-state index in [4.69, 9.17) is 26.8 Å². The van der Waals surface area contributed by atoms with E-state index in [1.165, 1.54) is 0 Å². The second-order valence-corrected chi connectivity index (χ2v) is 9.22. The van der Waals surface area contributed by atoms with Crippen LogP contribution in [-0.4, -0.2) is 43.7 Å². The number of amides is 1. The van der Waals surface area contributed by atoms with Gasteiger partial charge in [-0.3, -0.25) is 9.59 Å². The number of fused-ring (bicyclic) bond motifs is 2. The molecule has 2 heterocycles. The lowest BCUT2D eigenvalue weighted by Gasteiger charge is -2.24. The van der Waals surface area contributed by atoms with E-state index in [-0.39, 0.29) is 34.3 Å². The van der Waals surface area contributed by atoms with Crippen LogP contribution < -0.4 is 21.1 Å². The van der Waals surface area contributed by atoms with E-state index in [1.807, 2.05) is 20.8 Å². The molecule has 3 aliphatic rings. The van der Waals surface area contributed by atoms with Crippen molar-refractivity contribution in [1.82, 2.24) is 10.6 Å². The average molecular weight is 408 g/mol. The van der Waals surface area contributed by atoms with Gasteiger partial charge in [-0.2, -0.15) is 0 Å². The maximum atomic E-state index is 12.9. The van der Waals surface area contributed by atoms with Gasteiger partial charge in [-0.15, -0.1) is 0 Å². The van der Waals surface area contributed by atoms with Crippen molar-refractivity contribution in [3.63, 3.8) is 0 Å². The van der Waals surface area contributed by atoms with E-state index >= 15 is 0 Å². The summed E-state index contributed by atoms with van der Waals surface area (Å²) in [6.07, 6.45) is 0.703. The van der Waals surface area contributed by atoms with Crippen LogP contribution in [0.15, 0.2) is 6.07 Å². The smallest absolute Gasteiger partial charge is 0.314 e. The summed E-state index contributed by atoms with van der Waals surface area (Å²) in [6.45, 7) is 7.79. The molecular weight excluding hydrogens is 382 g/mol. The van der Waals surface area contributed by atoms with Crippen LogP contribution in [0.4, 0.5) is 5.69 Å². The second-order valence-electron chi connectivity index (χ2n) is 8.84. The van der Waals surface area contributed by atoms with Crippen molar-refractivity contribution in [2.75, 3.05) is 32.0 Å². The van der Waals surface area contributed by atoms with E-state index in [0.717, 1.165) is 12.1 Å². The molecule has 28 heavy (non-hydrogen) atoms. The van der Waals surface area contributed by atoms with Crippen LogP contribution in [-0.2, 0) is 16.0 Å².